The lowest BCUT2D eigenvalue weighted by molar-refractivity contribution is 0.629. The number of rotatable bonds is 6. The second-order valence-electron chi connectivity index (χ2n) is 5.95. The molecule has 0 spiro atoms. The quantitative estimate of drug-likeness (QED) is 0.503. The number of nitrogens with one attached hydrogen (secondary N) is 2. The number of fused-ring (bicyclic) bond motifs is 1. The van der Waals surface area contributed by atoms with E-state index >= 15 is 0 Å². The van der Waals surface area contributed by atoms with Gasteiger partial charge in [-0.1, -0.05) is 37.3 Å². The maximum atomic E-state index is 13.7. The third-order valence-corrected chi connectivity index (χ3v) is 4.07. The smallest absolute Gasteiger partial charge is 0.267 e. The normalized spacial score (nSPS) is 11.4. The topological polar surface area (TPSA) is 70.8 Å². The highest BCUT2D eigenvalue weighted by Gasteiger charge is 2.14. The molecule has 0 amide bonds. The van der Waals surface area contributed by atoms with Crippen LogP contribution in [-0.4, -0.2) is 15.8 Å². The van der Waals surface area contributed by atoms with Gasteiger partial charge in [-0.3, -0.25) is 4.79 Å². The molecule has 0 aliphatic heterocycles. The van der Waals surface area contributed by atoms with Crippen molar-refractivity contribution in [3.8, 4) is 5.69 Å². The first-order valence-corrected chi connectivity index (χ1v) is 8.48. The van der Waals surface area contributed by atoms with Gasteiger partial charge in [0.1, 0.15) is 5.82 Å². The molecule has 0 saturated heterocycles. The van der Waals surface area contributed by atoms with Crippen LogP contribution in [0.5, 0.6) is 0 Å². The van der Waals surface area contributed by atoms with Crippen molar-refractivity contribution in [1.82, 2.24) is 9.55 Å². The van der Waals surface area contributed by atoms with Crippen LogP contribution in [0.3, 0.4) is 0 Å². The Morgan fingerprint density at radius 2 is 2.04 bits per heavy atom. The minimum absolute atomic E-state index is 0.183. The summed E-state index contributed by atoms with van der Waals surface area (Å²) in [6.45, 7) is 5.87. The Kier molecular flexibility index (Phi) is 5.26. The largest absolute Gasteiger partial charge is 0.324 e. The van der Waals surface area contributed by atoms with Gasteiger partial charge in [0.25, 0.3) is 5.56 Å². The Balaban J connectivity index is 2.26. The standard InChI is InChI=1S/C21H19FN4O/c1-3-14(2)11-16(13-23)24-21-25-19-10-9-15(22)12-18(19)20(27)26(21)17-7-5-4-6-8-17/h4-13,23H,2-3H2,1H3,(H,24,25)/b16-11+,23-13?. The molecule has 0 radical (unpaired) electrons. The lowest BCUT2D eigenvalue weighted by atomic mass is 10.2. The molecule has 0 bridgehead atoms. The molecule has 1 aromatic heterocycles. The molecule has 27 heavy (non-hydrogen) atoms. The van der Waals surface area contributed by atoms with Crippen LogP contribution in [0.4, 0.5) is 10.3 Å². The van der Waals surface area contributed by atoms with E-state index in [-0.39, 0.29) is 11.3 Å². The minimum atomic E-state index is -0.499. The molecule has 3 aromatic rings. The predicted molar refractivity (Wildman–Crippen MR) is 107 cm³/mol. The van der Waals surface area contributed by atoms with Crippen molar-refractivity contribution in [2.75, 3.05) is 5.32 Å². The van der Waals surface area contributed by atoms with Gasteiger partial charge in [-0.2, -0.15) is 0 Å². The number of aromatic nitrogens is 2. The molecule has 0 aliphatic carbocycles. The molecule has 136 valence electrons. The molecule has 0 atom stereocenters. The van der Waals surface area contributed by atoms with Gasteiger partial charge in [0, 0.05) is 6.21 Å². The number of nitrogens with zero attached hydrogens (tertiary/aromatic N) is 2. The van der Waals surface area contributed by atoms with Crippen LogP contribution in [0, 0.1) is 11.2 Å². The summed E-state index contributed by atoms with van der Waals surface area (Å²) in [6.07, 6.45) is 3.59. The van der Waals surface area contributed by atoms with Gasteiger partial charge in [-0.05, 0) is 42.8 Å². The van der Waals surface area contributed by atoms with E-state index in [0.29, 0.717) is 16.9 Å². The Morgan fingerprint density at radius 3 is 2.70 bits per heavy atom. The Morgan fingerprint density at radius 1 is 1.30 bits per heavy atom. The predicted octanol–water partition coefficient (Wildman–Crippen LogP) is 4.44. The minimum Gasteiger partial charge on any atom is -0.324 e. The summed E-state index contributed by atoms with van der Waals surface area (Å²) in [5.74, 6) is -0.259. The monoisotopic (exact) mass is 362 g/mol. The summed E-state index contributed by atoms with van der Waals surface area (Å²) in [6, 6.07) is 12.9. The van der Waals surface area contributed by atoms with E-state index in [1.54, 1.807) is 30.3 Å². The fourth-order valence-corrected chi connectivity index (χ4v) is 2.62. The van der Waals surface area contributed by atoms with Gasteiger partial charge in [-0.15, -0.1) is 0 Å². The van der Waals surface area contributed by atoms with Crippen molar-refractivity contribution in [2.24, 2.45) is 0 Å². The highest BCUT2D eigenvalue weighted by Crippen LogP contribution is 2.18. The highest BCUT2D eigenvalue weighted by atomic mass is 19.1. The summed E-state index contributed by atoms with van der Waals surface area (Å²) in [5, 5.41) is 10.8. The first kappa shape index (κ1) is 18.3. The van der Waals surface area contributed by atoms with Crippen LogP contribution < -0.4 is 10.9 Å². The second kappa shape index (κ2) is 7.78. The van der Waals surface area contributed by atoms with E-state index in [4.69, 9.17) is 5.41 Å². The van der Waals surface area contributed by atoms with Gasteiger partial charge in [-0.25, -0.2) is 13.9 Å². The van der Waals surface area contributed by atoms with Crippen molar-refractivity contribution in [1.29, 1.82) is 5.41 Å². The van der Waals surface area contributed by atoms with Crippen LogP contribution in [0.1, 0.15) is 13.3 Å². The molecule has 2 N–H and O–H groups in total. The third kappa shape index (κ3) is 3.84. The number of para-hydroxylation sites is 1. The zero-order chi connectivity index (χ0) is 19.4. The van der Waals surface area contributed by atoms with Gasteiger partial charge >= 0.3 is 0 Å². The molecule has 1 heterocycles. The van der Waals surface area contributed by atoms with Crippen LogP contribution in [0.15, 0.2) is 77.3 Å². The lowest BCUT2D eigenvalue weighted by Gasteiger charge is -2.15. The van der Waals surface area contributed by atoms with Crippen molar-refractivity contribution >= 4 is 23.1 Å². The summed E-state index contributed by atoms with van der Waals surface area (Å²) in [5.41, 5.74) is 1.83. The van der Waals surface area contributed by atoms with Crippen molar-refractivity contribution in [2.45, 2.75) is 13.3 Å². The molecule has 0 unspecified atom stereocenters. The zero-order valence-corrected chi connectivity index (χ0v) is 14.9. The Labute approximate surface area is 156 Å². The number of allylic oxidation sites excluding steroid dienone is 3. The summed E-state index contributed by atoms with van der Waals surface area (Å²) >= 11 is 0. The number of hydrogen-bond donors (Lipinski definition) is 2. The van der Waals surface area contributed by atoms with Gasteiger partial charge in [0.05, 0.1) is 22.3 Å². The van der Waals surface area contributed by atoms with E-state index in [1.165, 1.54) is 22.8 Å². The molecule has 0 fully saturated rings. The van der Waals surface area contributed by atoms with Crippen LogP contribution in [0.2, 0.25) is 0 Å². The van der Waals surface area contributed by atoms with E-state index in [9.17, 15) is 9.18 Å². The molecule has 2 aromatic carbocycles. The average Bonchev–Trinajstić information content (AvgIpc) is 2.68. The fraction of sp³-hybridized carbons (Fsp3) is 0.0952. The molecule has 0 aliphatic rings. The number of anilines is 1. The maximum Gasteiger partial charge on any atom is 0.267 e. The van der Waals surface area contributed by atoms with E-state index in [0.717, 1.165) is 18.2 Å². The molecular formula is C21H19FN4O. The molecule has 6 heteroatoms. The number of hydrogen-bond acceptors (Lipinski definition) is 4. The summed E-state index contributed by atoms with van der Waals surface area (Å²) in [7, 11) is 0. The first-order chi connectivity index (χ1) is 13.0. The van der Waals surface area contributed by atoms with Crippen molar-refractivity contribution in [3.05, 3.63) is 88.6 Å². The molecule has 3 rings (SSSR count). The Hall–Kier alpha value is -3.54. The SMILES string of the molecule is C=C(/C=C(\C=N)Nc1nc2ccc(F)cc2c(=O)n1-c1ccccc1)CC. The average molecular weight is 362 g/mol. The molecule has 0 saturated carbocycles. The van der Waals surface area contributed by atoms with Crippen LogP contribution in [0.25, 0.3) is 16.6 Å². The molecular weight excluding hydrogens is 343 g/mol. The van der Waals surface area contributed by atoms with Gasteiger partial charge < -0.3 is 10.7 Å². The van der Waals surface area contributed by atoms with E-state index in [1.807, 2.05) is 13.0 Å². The second-order valence-corrected chi connectivity index (χ2v) is 5.95. The highest BCUT2D eigenvalue weighted by molar-refractivity contribution is 5.83. The maximum absolute atomic E-state index is 13.7. The van der Waals surface area contributed by atoms with Crippen LogP contribution in [-0.2, 0) is 0 Å². The number of halogens is 1. The van der Waals surface area contributed by atoms with Crippen LogP contribution >= 0.6 is 0 Å². The lowest BCUT2D eigenvalue weighted by Crippen LogP contribution is -2.24. The molecule has 5 nitrogen and oxygen atoms in total. The first-order valence-electron chi connectivity index (χ1n) is 8.48. The van der Waals surface area contributed by atoms with Crippen molar-refractivity contribution in [3.63, 3.8) is 0 Å². The van der Waals surface area contributed by atoms with E-state index in [2.05, 4.69) is 16.9 Å². The summed E-state index contributed by atoms with van der Waals surface area (Å²) < 4.78 is 15.0. The fourth-order valence-electron chi connectivity index (χ4n) is 2.62. The Bertz CT molecular complexity index is 1100. The zero-order valence-electron chi connectivity index (χ0n) is 14.9. The summed E-state index contributed by atoms with van der Waals surface area (Å²) in [4.78, 5) is 17.6. The number of benzene rings is 2. The van der Waals surface area contributed by atoms with E-state index < -0.39 is 11.4 Å². The van der Waals surface area contributed by atoms with Crippen molar-refractivity contribution < 1.29 is 4.39 Å². The third-order valence-electron chi connectivity index (χ3n) is 4.07. The van der Waals surface area contributed by atoms with Gasteiger partial charge in [0.2, 0.25) is 5.95 Å². The van der Waals surface area contributed by atoms with Gasteiger partial charge in [0.15, 0.2) is 0 Å².